The number of rotatable bonds is 6. The number of carbonyl (C=O) groups excluding carboxylic acids is 2. The first kappa shape index (κ1) is 16.5. The molecule has 0 saturated heterocycles. The van der Waals surface area contributed by atoms with Crippen molar-refractivity contribution in [2.24, 2.45) is 0 Å². The molecule has 2 amide bonds. The summed E-state index contributed by atoms with van der Waals surface area (Å²) in [5.41, 5.74) is 2.69. The maximum atomic E-state index is 11.9. The highest BCUT2D eigenvalue weighted by Gasteiger charge is 2.03. The van der Waals surface area contributed by atoms with E-state index in [0.29, 0.717) is 18.7 Å². The van der Waals surface area contributed by atoms with Crippen molar-refractivity contribution < 1.29 is 9.59 Å². The molecule has 2 aromatic rings. The predicted molar refractivity (Wildman–Crippen MR) is 92.0 cm³/mol. The quantitative estimate of drug-likeness (QED) is 0.636. The van der Waals surface area contributed by atoms with Gasteiger partial charge in [0.2, 0.25) is 5.91 Å². The monoisotopic (exact) mass is 308 g/mol. The number of amides is 2. The Hall–Kier alpha value is -2.88. The van der Waals surface area contributed by atoms with Gasteiger partial charge in [0.05, 0.1) is 0 Å². The van der Waals surface area contributed by atoms with Crippen molar-refractivity contribution in [1.82, 2.24) is 10.6 Å². The van der Waals surface area contributed by atoms with Gasteiger partial charge in [0.1, 0.15) is 0 Å². The minimum atomic E-state index is -0.182. The molecule has 0 spiro atoms. The van der Waals surface area contributed by atoms with Gasteiger partial charge < -0.3 is 10.6 Å². The zero-order valence-electron chi connectivity index (χ0n) is 13.1. The third kappa shape index (κ3) is 5.79. The number of nitrogens with one attached hydrogen (secondary N) is 2. The number of aryl methyl sites for hydroxylation is 1. The molecular weight excluding hydrogens is 288 g/mol. The van der Waals surface area contributed by atoms with E-state index in [-0.39, 0.29) is 11.8 Å². The fourth-order valence-corrected chi connectivity index (χ4v) is 1.96. The molecule has 0 heterocycles. The Morgan fingerprint density at radius 1 is 0.913 bits per heavy atom. The summed E-state index contributed by atoms with van der Waals surface area (Å²) in [6, 6.07) is 17.0. The normalized spacial score (nSPS) is 10.5. The van der Waals surface area contributed by atoms with Crippen LogP contribution in [0, 0.1) is 6.92 Å². The standard InChI is InChI=1S/C19H20N2O2/c1-15-7-10-17(11-8-15)19(23)21-14-13-20-18(22)12-9-16-5-3-2-4-6-16/h2-12H,13-14H2,1H3,(H,20,22)(H,21,23)/b12-9+. The third-order valence-electron chi connectivity index (χ3n) is 3.25. The fraction of sp³-hybridized carbons (Fsp3) is 0.158. The molecule has 0 bridgehead atoms. The van der Waals surface area contributed by atoms with E-state index in [2.05, 4.69) is 10.6 Å². The Labute approximate surface area is 136 Å². The van der Waals surface area contributed by atoms with Gasteiger partial charge in [-0.3, -0.25) is 9.59 Å². The molecule has 2 N–H and O–H groups in total. The summed E-state index contributed by atoms with van der Waals surface area (Å²) in [5, 5.41) is 5.50. The van der Waals surface area contributed by atoms with Gasteiger partial charge in [-0.15, -0.1) is 0 Å². The molecule has 0 aromatic heterocycles. The van der Waals surface area contributed by atoms with Crippen molar-refractivity contribution in [2.45, 2.75) is 6.92 Å². The van der Waals surface area contributed by atoms with Gasteiger partial charge >= 0.3 is 0 Å². The lowest BCUT2D eigenvalue weighted by Gasteiger charge is -2.06. The first-order valence-electron chi connectivity index (χ1n) is 7.51. The van der Waals surface area contributed by atoms with Crippen LogP contribution in [0.3, 0.4) is 0 Å². The second-order valence-electron chi connectivity index (χ2n) is 5.16. The van der Waals surface area contributed by atoms with E-state index < -0.39 is 0 Å². The van der Waals surface area contributed by atoms with Gasteiger partial charge in [-0.1, -0.05) is 48.0 Å². The van der Waals surface area contributed by atoms with Crippen LogP contribution >= 0.6 is 0 Å². The first-order valence-corrected chi connectivity index (χ1v) is 7.51. The summed E-state index contributed by atoms with van der Waals surface area (Å²) in [4.78, 5) is 23.5. The van der Waals surface area contributed by atoms with E-state index >= 15 is 0 Å². The first-order chi connectivity index (χ1) is 11.1. The Bertz CT molecular complexity index is 676. The smallest absolute Gasteiger partial charge is 0.251 e. The molecule has 4 nitrogen and oxygen atoms in total. The van der Waals surface area contributed by atoms with Crippen LogP contribution in [0.25, 0.3) is 6.08 Å². The number of hydrogen-bond acceptors (Lipinski definition) is 2. The third-order valence-corrected chi connectivity index (χ3v) is 3.25. The lowest BCUT2D eigenvalue weighted by Crippen LogP contribution is -2.33. The molecule has 0 aliphatic rings. The van der Waals surface area contributed by atoms with E-state index in [9.17, 15) is 9.59 Å². The molecule has 0 aliphatic heterocycles. The van der Waals surface area contributed by atoms with Gasteiger partial charge in [-0.2, -0.15) is 0 Å². The van der Waals surface area contributed by atoms with Crippen LogP contribution < -0.4 is 10.6 Å². The minimum Gasteiger partial charge on any atom is -0.351 e. The Balaban J connectivity index is 1.68. The lowest BCUT2D eigenvalue weighted by molar-refractivity contribution is -0.116. The Morgan fingerprint density at radius 2 is 1.57 bits per heavy atom. The molecule has 0 radical (unpaired) electrons. The van der Waals surface area contributed by atoms with Crippen LogP contribution in [-0.4, -0.2) is 24.9 Å². The molecule has 0 atom stereocenters. The minimum absolute atomic E-state index is 0.140. The van der Waals surface area contributed by atoms with E-state index in [1.807, 2.05) is 49.4 Å². The molecule has 2 rings (SSSR count). The zero-order valence-corrected chi connectivity index (χ0v) is 13.1. The Kier molecular flexibility index (Phi) is 6.12. The predicted octanol–water partition coefficient (Wildman–Crippen LogP) is 2.55. The van der Waals surface area contributed by atoms with Crippen LogP contribution in [0.5, 0.6) is 0 Å². The SMILES string of the molecule is Cc1ccc(C(=O)NCCNC(=O)/C=C/c2ccccc2)cc1. The number of benzene rings is 2. The second kappa shape index (κ2) is 8.54. The van der Waals surface area contributed by atoms with Crippen molar-refractivity contribution >= 4 is 17.9 Å². The molecule has 4 heteroatoms. The number of carbonyl (C=O) groups is 2. The maximum absolute atomic E-state index is 11.9. The van der Waals surface area contributed by atoms with Crippen LogP contribution in [0.15, 0.2) is 60.7 Å². The van der Waals surface area contributed by atoms with E-state index in [0.717, 1.165) is 11.1 Å². The number of hydrogen-bond donors (Lipinski definition) is 2. The molecule has 0 saturated carbocycles. The average molecular weight is 308 g/mol. The highest BCUT2D eigenvalue weighted by Crippen LogP contribution is 2.02. The largest absolute Gasteiger partial charge is 0.351 e. The molecule has 2 aromatic carbocycles. The van der Waals surface area contributed by atoms with Gasteiger partial charge in [0.25, 0.3) is 5.91 Å². The summed E-state index contributed by atoms with van der Waals surface area (Å²) in [5.74, 6) is -0.322. The van der Waals surface area contributed by atoms with Crippen molar-refractivity contribution in [2.75, 3.05) is 13.1 Å². The van der Waals surface area contributed by atoms with Crippen molar-refractivity contribution in [1.29, 1.82) is 0 Å². The van der Waals surface area contributed by atoms with Crippen LogP contribution in [0.4, 0.5) is 0 Å². The van der Waals surface area contributed by atoms with Gasteiger partial charge in [-0.05, 0) is 30.7 Å². The summed E-state index contributed by atoms with van der Waals surface area (Å²) < 4.78 is 0. The zero-order chi connectivity index (χ0) is 16.5. The van der Waals surface area contributed by atoms with E-state index in [4.69, 9.17) is 0 Å². The highest BCUT2D eigenvalue weighted by atomic mass is 16.2. The summed E-state index contributed by atoms with van der Waals surface area (Å²) in [7, 11) is 0. The lowest BCUT2D eigenvalue weighted by atomic mass is 10.1. The highest BCUT2D eigenvalue weighted by molar-refractivity contribution is 5.94. The second-order valence-corrected chi connectivity index (χ2v) is 5.16. The summed E-state index contributed by atoms with van der Waals surface area (Å²) in [6.07, 6.45) is 3.23. The van der Waals surface area contributed by atoms with Crippen LogP contribution in [0.1, 0.15) is 21.5 Å². The topological polar surface area (TPSA) is 58.2 Å². The van der Waals surface area contributed by atoms with Gasteiger partial charge in [0.15, 0.2) is 0 Å². The van der Waals surface area contributed by atoms with E-state index in [1.165, 1.54) is 6.08 Å². The van der Waals surface area contributed by atoms with Crippen molar-refractivity contribution in [3.05, 3.63) is 77.4 Å². The van der Waals surface area contributed by atoms with Crippen LogP contribution in [0.2, 0.25) is 0 Å². The van der Waals surface area contributed by atoms with E-state index in [1.54, 1.807) is 18.2 Å². The summed E-state index contributed by atoms with van der Waals surface area (Å²) in [6.45, 7) is 2.74. The summed E-state index contributed by atoms with van der Waals surface area (Å²) >= 11 is 0. The molecular formula is C19H20N2O2. The van der Waals surface area contributed by atoms with Crippen molar-refractivity contribution in [3.8, 4) is 0 Å². The molecule has 118 valence electrons. The molecule has 0 unspecified atom stereocenters. The maximum Gasteiger partial charge on any atom is 0.251 e. The molecule has 0 fully saturated rings. The fourth-order valence-electron chi connectivity index (χ4n) is 1.96. The van der Waals surface area contributed by atoms with Crippen LogP contribution in [-0.2, 0) is 4.79 Å². The molecule has 0 aliphatic carbocycles. The van der Waals surface area contributed by atoms with Crippen molar-refractivity contribution in [3.63, 3.8) is 0 Å². The average Bonchev–Trinajstić information content (AvgIpc) is 2.58. The van der Waals surface area contributed by atoms with Gasteiger partial charge in [-0.25, -0.2) is 0 Å². The molecule has 23 heavy (non-hydrogen) atoms. The van der Waals surface area contributed by atoms with Gasteiger partial charge in [0, 0.05) is 24.7 Å². The Morgan fingerprint density at radius 3 is 2.26 bits per heavy atom.